The molecule has 4 rings (SSSR count). The Hall–Kier alpha value is -1.69. The van der Waals surface area contributed by atoms with E-state index in [1.807, 2.05) is 11.8 Å². The van der Waals surface area contributed by atoms with Crippen LogP contribution in [0.25, 0.3) is 0 Å². The minimum Gasteiger partial charge on any atom is -0.490 e. The third-order valence-electron chi connectivity index (χ3n) is 6.13. The summed E-state index contributed by atoms with van der Waals surface area (Å²) in [7, 11) is 0. The third kappa shape index (κ3) is 5.87. The Morgan fingerprint density at radius 1 is 0.848 bits per heavy atom. The van der Waals surface area contributed by atoms with Crippen LogP contribution in [0.3, 0.4) is 0 Å². The maximum Gasteiger partial charge on any atom is 0.202 e. The lowest BCUT2D eigenvalue weighted by molar-refractivity contribution is -0.165. The van der Waals surface area contributed by atoms with Gasteiger partial charge in [0, 0.05) is 27.3 Å². The van der Waals surface area contributed by atoms with Crippen molar-refractivity contribution in [1.82, 2.24) is 0 Å². The summed E-state index contributed by atoms with van der Waals surface area (Å²) in [5.74, 6) is 1.91. The van der Waals surface area contributed by atoms with Crippen molar-refractivity contribution in [2.24, 2.45) is 0 Å². The Morgan fingerprint density at radius 3 is 1.82 bits per heavy atom. The molecule has 0 spiro atoms. The Balaban J connectivity index is 1.67. The molecule has 4 nitrogen and oxygen atoms in total. The maximum absolute atomic E-state index is 6.19. The van der Waals surface area contributed by atoms with Gasteiger partial charge < -0.3 is 18.9 Å². The molecule has 0 aliphatic carbocycles. The second kappa shape index (κ2) is 9.16. The van der Waals surface area contributed by atoms with Gasteiger partial charge >= 0.3 is 0 Å². The second-order valence-electron chi connectivity index (χ2n) is 11.3. The van der Waals surface area contributed by atoms with E-state index in [0.717, 1.165) is 31.1 Å². The summed E-state index contributed by atoms with van der Waals surface area (Å²) in [6.07, 6.45) is 1.08. The molecule has 2 atom stereocenters. The highest BCUT2D eigenvalue weighted by molar-refractivity contribution is 7.99. The van der Waals surface area contributed by atoms with Gasteiger partial charge in [-0.2, -0.15) is 0 Å². The Labute approximate surface area is 203 Å². The summed E-state index contributed by atoms with van der Waals surface area (Å²) in [5.41, 5.74) is 4.83. The maximum atomic E-state index is 6.19. The molecule has 2 aromatic carbocycles. The lowest BCUT2D eigenvalue weighted by Gasteiger charge is -2.31. The van der Waals surface area contributed by atoms with Gasteiger partial charge in [0.1, 0.15) is 24.2 Å². The molecule has 2 aromatic rings. The van der Waals surface area contributed by atoms with E-state index in [2.05, 4.69) is 79.7 Å². The van der Waals surface area contributed by atoms with Crippen LogP contribution >= 0.6 is 11.8 Å². The van der Waals surface area contributed by atoms with Crippen molar-refractivity contribution in [1.29, 1.82) is 0 Å². The molecule has 5 heteroatoms. The summed E-state index contributed by atoms with van der Waals surface area (Å²) in [6, 6.07) is 8.99. The first-order valence-electron chi connectivity index (χ1n) is 11.9. The normalized spacial score (nSPS) is 20.4. The first kappa shape index (κ1) is 24.4. The summed E-state index contributed by atoms with van der Waals surface area (Å²) in [5, 5.41) is 0. The lowest BCUT2D eigenvalue weighted by atomic mass is 9.85. The van der Waals surface area contributed by atoms with Crippen molar-refractivity contribution in [3.8, 4) is 11.5 Å². The molecule has 0 amide bonds. The van der Waals surface area contributed by atoms with Crippen LogP contribution in [-0.4, -0.2) is 32.2 Å². The fraction of sp³-hybridized carbons (Fsp3) is 0.571. The third-order valence-corrected chi connectivity index (χ3v) is 7.45. The Kier molecular flexibility index (Phi) is 6.78. The zero-order valence-electron chi connectivity index (χ0n) is 21.3. The van der Waals surface area contributed by atoms with Gasteiger partial charge in [-0.25, -0.2) is 0 Å². The van der Waals surface area contributed by atoms with Crippen molar-refractivity contribution in [2.45, 2.75) is 94.8 Å². The van der Waals surface area contributed by atoms with Gasteiger partial charge in [0.2, 0.25) is 6.29 Å². The van der Waals surface area contributed by atoms with Gasteiger partial charge in [-0.1, -0.05) is 53.3 Å². The van der Waals surface area contributed by atoms with Crippen molar-refractivity contribution >= 4 is 11.8 Å². The molecular formula is C28H38O4S. The summed E-state index contributed by atoms with van der Waals surface area (Å²) >= 11 is 1.83. The van der Waals surface area contributed by atoms with Gasteiger partial charge in [0.15, 0.2) is 0 Å². The minimum absolute atomic E-state index is 0.0190. The topological polar surface area (TPSA) is 40.2 Å². The molecule has 2 aliphatic heterocycles. The average Bonchev–Trinajstić information content (AvgIpc) is 3.49. The smallest absolute Gasteiger partial charge is 0.202 e. The quantitative estimate of drug-likeness (QED) is 0.409. The minimum atomic E-state index is -0.117. The van der Waals surface area contributed by atoms with Gasteiger partial charge in [-0.15, -0.1) is 0 Å². The highest BCUT2D eigenvalue weighted by atomic mass is 32.2. The Bertz CT molecular complexity index is 1010. The molecule has 0 N–H and O–H groups in total. The number of ether oxygens (including phenoxy) is 4. The Morgan fingerprint density at radius 2 is 1.36 bits per heavy atom. The highest BCUT2D eigenvalue weighted by Crippen LogP contribution is 2.43. The first-order chi connectivity index (χ1) is 15.4. The molecule has 33 heavy (non-hydrogen) atoms. The van der Waals surface area contributed by atoms with E-state index in [-0.39, 0.29) is 23.2 Å². The first-order valence-corrected chi connectivity index (χ1v) is 12.7. The highest BCUT2D eigenvalue weighted by Gasteiger charge is 2.28. The molecule has 2 aliphatic rings. The van der Waals surface area contributed by atoms with Crippen molar-refractivity contribution in [3.05, 3.63) is 46.5 Å². The van der Waals surface area contributed by atoms with E-state index >= 15 is 0 Å². The van der Waals surface area contributed by atoms with E-state index < -0.39 is 0 Å². The molecule has 2 unspecified atom stereocenters. The predicted octanol–water partition coefficient (Wildman–Crippen LogP) is 6.95. The number of hydrogen-bond acceptors (Lipinski definition) is 5. The molecule has 0 aromatic heterocycles. The van der Waals surface area contributed by atoms with Crippen LogP contribution in [-0.2, 0) is 20.3 Å². The number of epoxide rings is 1. The molecule has 0 saturated carbocycles. The van der Waals surface area contributed by atoms with Crippen molar-refractivity contribution < 1.29 is 18.9 Å². The van der Waals surface area contributed by atoms with E-state index in [9.17, 15) is 0 Å². The summed E-state index contributed by atoms with van der Waals surface area (Å²) in [4.78, 5) is 2.51. The molecule has 2 fully saturated rings. The number of rotatable bonds is 7. The van der Waals surface area contributed by atoms with Crippen LogP contribution in [0.4, 0.5) is 0 Å². The van der Waals surface area contributed by atoms with E-state index in [0.29, 0.717) is 6.61 Å². The number of hydrogen-bond donors (Lipinski definition) is 0. The molecule has 2 heterocycles. The molecule has 180 valence electrons. The van der Waals surface area contributed by atoms with Crippen molar-refractivity contribution in [2.75, 3.05) is 19.8 Å². The number of benzene rings is 2. The van der Waals surface area contributed by atoms with Crippen LogP contribution in [0.5, 0.6) is 11.5 Å². The van der Waals surface area contributed by atoms with Crippen LogP contribution < -0.4 is 9.47 Å². The van der Waals surface area contributed by atoms with Crippen molar-refractivity contribution in [3.63, 3.8) is 0 Å². The van der Waals surface area contributed by atoms with E-state index in [1.165, 1.54) is 32.0 Å². The fourth-order valence-corrected chi connectivity index (χ4v) is 4.88. The van der Waals surface area contributed by atoms with Gasteiger partial charge in [0.25, 0.3) is 0 Å². The van der Waals surface area contributed by atoms with Gasteiger partial charge in [-0.3, -0.25) is 0 Å². The van der Waals surface area contributed by atoms with Gasteiger partial charge in [0.05, 0.1) is 13.2 Å². The fourth-order valence-electron chi connectivity index (χ4n) is 3.85. The molecule has 2 saturated heterocycles. The molecular weight excluding hydrogens is 432 g/mol. The van der Waals surface area contributed by atoms with Crippen LogP contribution in [0.2, 0.25) is 0 Å². The molecule has 0 bridgehead atoms. The summed E-state index contributed by atoms with van der Waals surface area (Å²) < 4.78 is 23.2. The standard InChI is InChI=1S/C28H38O4S/c1-17-11-22(31-16-19-15-30-19)20(27(3,4)5)13-24(17)33-25-14-21(28(6,7)8)23(12-18(25)2)32-26-9-10-29-26/h11-14,19,26H,9-10,15-16H2,1-8H3. The zero-order chi connectivity index (χ0) is 24.0. The monoisotopic (exact) mass is 470 g/mol. The SMILES string of the molecule is Cc1cc(OCC2CO2)c(C(C)(C)C)cc1Sc1cc(C(C)(C)C)c(OC2CCO2)cc1C. The molecule has 0 radical (unpaired) electrons. The lowest BCUT2D eigenvalue weighted by Crippen LogP contribution is -2.33. The predicted molar refractivity (Wildman–Crippen MR) is 134 cm³/mol. The van der Waals surface area contributed by atoms with Crippen LogP contribution in [0.15, 0.2) is 34.1 Å². The van der Waals surface area contributed by atoms with Crippen LogP contribution in [0, 0.1) is 13.8 Å². The summed E-state index contributed by atoms with van der Waals surface area (Å²) in [6.45, 7) is 20.0. The average molecular weight is 471 g/mol. The largest absolute Gasteiger partial charge is 0.490 e. The number of aryl methyl sites for hydroxylation is 2. The zero-order valence-corrected chi connectivity index (χ0v) is 22.2. The van der Waals surface area contributed by atoms with E-state index in [4.69, 9.17) is 18.9 Å². The second-order valence-corrected chi connectivity index (χ2v) is 12.4. The van der Waals surface area contributed by atoms with Gasteiger partial charge in [-0.05, 0) is 60.1 Å². The van der Waals surface area contributed by atoms with Crippen LogP contribution in [0.1, 0.15) is 70.2 Å². The van der Waals surface area contributed by atoms with E-state index in [1.54, 1.807) is 0 Å².